The third kappa shape index (κ3) is 2.60. The molecule has 0 heterocycles. The number of benzene rings is 1. The molecule has 0 fully saturated rings. The smallest absolute Gasteiger partial charge is 0.331 e. The predicted octanol–water partition coefficient (Wildman–Crippen LogP) is 3.61. The number of rotatable bonds is 3. The summed E-state index contributed by atoms with van der Waals surface area (Å²) in [6, 6.07) is 7.29. The second-order valence-electron chi connectivity index (χ2n) is 3.24. The van der Waals surface area contributed by atoms with E-state index in [1.807, 2.05) is 25.1 Å². The monoisotopic (exact) mass is 224 g/mol. The summed E-state index contributed by atoms with van der Waals surface area (Å²) in [7, 11) is 0. The lowest BCUT2D eigenvalue weighted by Crippen LogP contribution is -2.00. The number of aliphatic carboxylic acids is 1. The van der Waals surface area contributed by atoms with E-state index in [0.29, 0.717) is 17.0 Å². The van der Waals surface area contributed by atoms with Gasteiger partial charge >= 0.3 is 5.97 Å². The zero-order valence-corrected chi connectivity index (χ0v) is 9.51. The highest BCUT2D eigenvalue weighted by molar-refractivity contribution is 6.32. The number of halogens is 1. The molecular formula is C12H13ClO2. The normalized spacial score (nSPS) is 12.2. The summed E-state index contributed by atoms with van der Waals surface area (Å²) in [5.74, 6) is -0.897. The van der Waals surface area contributed by atoms with Gasteiger partial charge in [0.15, 0.2) is 0 Å². The van der Waals surface area contributed by atoms with Crippen molar-refractivity contribution in [2.75, 3.05) is 0 Å². The van der Waals surface area contributed by atoms with Crippen molar-refractivity contribution in [3.63, 3.8) is 0 Å². The number of allylic oxidation sites excluding steroid dienone is 1. The maximum absolute atomic E-state index is 10.9. The molecule has 3 heteroatoms. The quantitative estimate of drug-likeness (QED) is 0.797. The Kier molecular flexibility index (Phi) is 3.92. The van der Waals surface area contributed by atoms with Crippen LogP contribution in [0.2, 0.25) is 5.02 Å². The Morgan fingerprint density at radius 1 is 1.40 bits per heavy atom. The van der Waals surface area contributed by atoms with E-state index in [2.05, 4.69) is 0 Å². The van der Waals surface area contributed by atoms with Crippen LogP contribution in [-0.4, -0.2) is 11.1 Å². The lowest BCUT2D eigenvalue weighted by atomic mass is 9.98. The predicted molar refractivity (Wildman–Crippen MR) is 62.0 cm³/mol. The van der Waals surface area contributed by atoms with Crippen molar-refractivity contribution in [3.8, 4) is 0 Å². The summed E-state index contributed by atoms with van der Waals surface area (Å²) >= 11 is 6.02. The van der Waals surface area contributed by atoms with Crippen LogP contribution < -0.4 is 0 Å². The first-order valence-corrected chi connectivity index (χ1v) is 5.13. The zero-order valence-electron chi connectivity index (χ0n) is 8.75. The largest absolute Gasteiger partial charge is 0.478 e. The highest BCUT2D eigenvalue weighted by Gasteiger charge is 2.11. The van der Waals surface area contributed by atoms with Gasteiger partial charge in [-0.1, -0.05) is 36.7 Å². The molecule has 0 radical (unpaired) electrons. The molecule has 0 bridgehead atoms. The third-order valence-corrected chi connectivity index (χ3v) is 2.66. The van der Waals surface area contributed by atoms with E-state index in [9.17, 15) is 4.79 Å². The zero-order chi connectivity index (χ0) is 11.4. The van der Waals surface area contributed by atoms with Crippen molar-refractivity contribution < 1.29 is 9.90 Å². The highest BCUT2D eigenvalue weighted by atomic mass is 35.5. The molecular weight excluding hydrogens is 212 g/mol. The van der Waals surface area contributed by atoms with Crippen LogP contribution >= 0.6 is 11.6 Å². The molecule has 0 unspecified atom stereocenters. The molecule has 1 rings (SSSR count). The number of carbonyl (C=O) groups is 1. The van der Waals surface area contributed by atoms with E-state index in [1.54, 1.807) is 13.0 Å². The fraction of sp³-hybridized carbons (Fsp3) is 0.250. The lowest BCUT2D eigenvalue weighted by molar-refractivity contribution is -0.132. The molecule has 1 aromatic carbocycles. The van der Waals surface area contributed by atoms with Crippen molar-refractivity contribution in [1.29, 1.82) is 0 Å². The molecule has 0 aliphatic rings. The van der Waals surface area contributed by atoms with Crippen LogP contribution in [-0.2, 0) is 4.79 Å². The molecule has 0 aromatic heterocycles. The summed E-state index contributed by atoms with van der Waals surface area (Å²) in [5.41, 5.74) is 1.94. The highest BCUT2D eigenvalue weighted by Crippen LogP contribution is 2.28. The number of hydrogen-bond donors (Lipinski definition) is 1. The molecule has 0 saturated carbocycles. The Morgan fingerprint density at radius 2 is 2.00 bits per heavy atom. The average molecular weight is 225 g/mol. The molecule has 80 valence electrons. The maximum Gasteiger partial charge on any atom is 0.331 e. The van der Waals surface area contributed by atoms with Crippen molar-refractivity contribution in [2.45, 2.75) is 20.3 Å². The fourth-order valence-corrected chi connectivity index (χ4v) is 1.74. The molecule has 1 N–H and O–H groups in total. The van der Waals surface area contributed by atoms with Crippen molar-refractivity contribution in [3.05, 3.63) is 40.4 Å². The topological polar surface area (TPSA) is 37.3 Å². The second-order valence-corrected chi connectivity index (χ2v) is 3.65. The number of hydrogen-bond acceptors (Lipinski definition) is 1. The van der Waals surface area contributed by atoms with Crippen LogP contribution in [0.1, 0.15) is 25.8 Å². The van der Waals surface area contributed by atoms with E-state index in [4.69, 9.17) is 16.7 Å². The first-order chi connectivity index (χ1) is 7.07. The van der Waals surface area contributed by atoms with Crippen molar-refractivity contribution in [1.82, 2.24) is 0 Å². The van der Waals surface area contributed by atoms with Gasteiger partial charge < -0.3 is 5.11 Å². The standard InChI is InChI=1S/C12H13ClO2/c1-3-9(8(2)12(14)15)10-6-4-5-7-11(10)13/h4-7H,3H2,1-2H3,(H,14,15)/b9-8+. The molecule has 0 aliphatic carbocycles. The van der Waals surface area contributed by atoms with Gasteiger partial charge in [-0.15, -0.1) is 0 Å². The second kappa shape index (κ2) is 4.99. The van der Waals surface area contributed by atoms with Crippen molar-refractivity contribution >= 4 is 23.1 Å². The molecule has 0 atom stereocenters. The van der Waals surface area contributed by atoms with E-state index >= 15 is 0 Å². The van der Waals surface area contributed by atoms with Crippen molar-refractivity contribution in [2.24, 2.45) is 0 Å². The van der Waals surface area contributed by atoms with Gasteiger partial charge in [-0.25, -0.2) is 4.79 Å². The lowest BCUT2D eigenvalue weighted by Gasteiger charge is -2.09. The van der Waals surface area contributed by atoms with Crippen LogP contribution in [0.15, 0.2) is 29.8 Å². The third-order valence-electron chi connectivity index (χ3n) is 2.33. The first-order valence-electron chi connectivity index (χ1n) is 4.75. The van der Waals surface area contributed by atoms with E-state index in [1.165, 1.54) is 0 Å². The average Bonchev–Trinajstić information content (AvgIpc) is 2.21. The number of carboxylic acid groups (broad SMARTS) is 1. The van der Waals surface area contributed by atoms with Gasteiger partial charge in [0.25, 0.3) is 0 Å². The first kappa shape index (κ1) is 11.8. The summed E-state index contributed by atoms with van der Waals surface area (Å²) in [6.45, 7) is 3.52. The molecule has 0 aliphatic heterocycles. The molecule has 0 spiro atoms. The van der Waals surface area contributed by atoms with Gasteiger partial charge in [0.05, 0.1) is 0 Å². The van der Waals surface area contributed by atoms with E-state index in [0.717, 1.165) is 11.1 Å². The Hall–Kier alpha value is -1.28. The van der Waals surface area contributed by atoms with Gasteiger partial charge in [-0.2, -0.15) is 0 Å². The summed E-state index contributed by atoms with van der Waals surface area (Å²) in [5, 5.41) is 9.53. The SMILES string of the molecule is CC/C(=C(/C)C(=O)O)c1ccccc1Cl. The van der Waals surface area contributed by atoms with Gasteiger partial charge in [0.1, 0.15) is 0 Å². The van der Waals surface area contributed by atoms with Gasteiger partial charge in [0, 0.05) is 10.6 Å². The molecule has 1 aromatic rings. The van der Waals surface area contributed by atoms with E-state index in [-0.39, 0.29) is 0 Å². The maximum atomic E-state index is 10.9. The minimum absolute atomic E-state index is 0.352. The van der Waals surface area contributed by atoms with Gasteiger partial charge in [-0.3, -0.25) is 0 Å². The fourth-order valence-electron chi connectivity index (χ4n) is 1.49. The molecule has 0 saturated heterocycles. The van der Waals surface area contributed by atoms with E-state index < -0.39 is 5.97 Å². The van der Waals surface area contributed by atoms with Gasteiger partial charge in [0.2, 0.25) is 0 Å². The molecule has 15 heavy (non-hydrogen) atoms. The van der Waals surface area contributed by atoms with Crippen LogP contribution in [0.25, 0.3) is 5.57 Å². The van der Waals surface area contributed by atoms with Crippen LogP contribution in [0, 0.1) is 0 Å². The Bertz CT molecular complexity index is 408. The van der Waals surface area contributed by atoms with Crippen LogP contribution in [0.4, 0.5) is 0 Å². The van der Waals surface area contributed by atoms with Crippen LogP contribution in [0.5, 0.6) is 0 Å². The Labute approximate surface area is 94.2 Å². The minimum Gasteiger partial charge on any atom is -0.478 e. The summed E-state index contributed by atoms with van der Waals surface area (Å²) in [4.78, 5) is 10.9. The summed E-state index contributed by atoms with van der Waals surface area (Å²) < 4.78 is 0. The Morgan fingerprint density at radius 3 is 2.47 bits per heavy atom. The van der Waals surface area contributed by atoms with Gasteiger partial charge in [-0.05, 0) is 30.5 Å². The van der Waals surface area contributed by atoms with Crippen LogP contribution in [0.3, 0.4) is 0 Å². The molecule has 2 nitrogen and oxygen atoms in total. The molecule has 0 amide bonds. The Balaban J connectivity index is 3.31. The summed E-state index contributed by atoms with van der Waals surface area (Å²) in [6.07, 6.45) is 0.655. The number of carboxylic acids is 1. The minimum atomic E-state index is -0.897.